The highest BCUT2D eigenvalue weighted by Crippen LogP contribution is 2.43. The van der Waals surface area contributed by atoms with Gasteiger partial charge in [-0.15, -0.1) is 0 Å². The van der Waals surface area contributed by atoms with E-state index in [4.69, 9.17) is 17.0 Å². The average molecular weight is 515 g/mol. The molecule has 0 radical (unpaired) electrons. The van der Waals surface area contributed by atoms with Gasteiger partial charge < -0.3 is 19.5 Å². The maximum atomic E-state index is 12.0. The van der Waals surface area contributed by atoms with Crippen molar-refractivity contribution in [3.8, 4) is 11.4 Å². The molecule has 5 rings (SSSR count). The van der Waals surface area contributed by atoms with Crippen LogP contribution in [0.5, 0.6) is 5.75 Å². The molecule has 37 heavy (non-hydrogen) atoms. The lowest BCUT2D eigenvalue weighted by molar-refractivity contribution is -0.384. The standard InChI is InChI=1S/C27H26N6O3S/c1-17-14-21(18(2)32(17)23-8-7-20(36-3)15-24(23)33(34)35)26-25(22-6-4-5-11-29-22)30-27(37)31(26)16-19-9-12-28-13-10-19/h4-15,25-26H,16H2,1-3H3,(H,30,37)/t25-,26-/m1/s1. The number of aryl methyl sites for hydroxylation is 1. The van der Waals surface area contributed by atoms with Crippen LogP contribution in [-0.2, 0) is 6.54 Å². The zero-order chi connectivity index (χ0) is 26.1. The van der Waals surface area contributed by atoms with Gasteiger partial charge in [0.25, 0.3) is 5.69 Å². The van der Waals surface area contributed by atoms with E-state index in [2.05, 4.69) is 26.3 Å². The van der Waals surface area contributed by atoms with Crippen molar-refractivity contribution in [3.05, 3.63) is 112 Å². The minimum Gasteiger partial charge on any atom is -0.496 e. The molecule has 1 N–H and O–H groups in total. The molecule has 0 amide bonds. The van der Waals surface area contributed by atoms with Gasteiger partial charge in [0.15, 0.2) is 5.11 Å². The van der Waals surface area contributed by atoms with Gasteiger partial charge >= 0.3 is 0 Å². The van der Waals surface area contributed by atoms with Crippen molar-refractivity contribution in [2.45, 2.75) is 32.5 Å². The molecule has 0 bridgehead atoms. The lowest BCUT2D eigenvalue weighted by Crippen LogP contribution is -2.29. The molecule has 10 heteroatoms. The Balaban J connectivity index is 1.65. The first kappa shape index (κ1) is 24.4. The largest absolute Gasteiger partial charge is 0.496 e. The third-order valence-corrected chi connectivity index (χ3v) is 7.06. The molecular formula is C27H26N6O3S. The van der Waals surface area contributed by atoms with E-state index >= 15 is 0 Å². The molecule has 0 aliphatic carbocycles. The number of hydrogen-bond donors (Lipinski definition) is 1. The van der Waals surface area contributed by atoms with Crippen molar-refractivity contribution >= 4 is 23.0 Å². The van der Waals surface area contributed by atoms with Gasteiger partial charge in [0, 0.05) is 36.5 Å². The van der Waals surface area contributed by atoms with Crippen molar-refractivity contribution in [3.63, 3.8) is 0 Å². The average Bonchev–Trinajstić information content (AvgIpc) is 3.39. The Kier molecular flexibility index (Phi) is 6.58. The zero-order valence-corrected chi connectivity index (χ0v) is 21.5. The van der Waals surface area contributed by atoms with E-state index in [0.29, 0.717) is 23.1 Å². The van der Waals surface area contributed by atoms with E-state index in [9.17, 15) is 10.1 Å². The molecule has 0 spiro atoms. The van der Waals surface area contributed by atoms with Crippen molar-refractivity contribution in [1.82, 2.24) is 24.8 Å². The fraction of sp³-hybridized carbons (Fsp3) is 0.222. The molecule has 4 heterocycles. The molecule has 1 saturated heterocycles. The Morgan fingerprint density at radius 1 is 1.11 bits per heavy atom. The van der Waals surface area contributed by atoms with E-state index in [-0.39, 0.29) is 22.7 Å². The molecule has 1 aromatic carbocycles. The second kappa shape index (κ2) is 9.98. The maximum absolute atomic E-state index is 12.0. The number of aromatic nitrogens is 3. The van der Waals surface area contributed by atoms with Gasteiger partial charge in [-0.25, -0.2) is 0 Å². The molecule has 1 fully saturated rings. The fourth-order valence-corrected chi connectivity index (χ4v) is 5.33. The van der Waals surface area contributed by atoms with E-state index in [1.165, 1.54) is 13.2 Å². The maximum Gasteiger partial charge on any atom is 0.296 e. The molecule has 9 nitrogen and oxygen atoms in total. The van der Waals surface area contributed by atoms with Crippen LogP contribution in [0.2, 0.25) is 0 Å². The van der Waals surface area contributed by atoms with Gasteiger partial charge in [0.2, 0.25) is 0 Å². The van der Waals surface area contributed by atoms with Crippen LogP contribution in [0.3, 0.4) is 0 Å². The number of nitrogens with zero attached hydrogens (tertiary/aromatic N) is 5. The second-order valence-electron chi connectivity index (χ2n) is 8.88. The summed E-state index contributed by atoms with van der Waals surface area (Å²) in [5.74, 6) is 0.433. The fourth-order valence-electron chi connectivity index (χ4n) is 5.02. The summed E-state index contributed by atoms with van der Waals surface area (Å²) < 4.78 is 7.16. The molecule has 2 atom stereocenters. The minimum atomic E-state index is -0.380. The van der Waals surface area contributed by atoms with Crippen LogP contribution >= 0.6 is 12.2 Å². The molecule has 3 aromatic heterocycles. The number of ether oxygens (including phenoxy) is 1. The van der Waals surface area contributed by atoms with Gasteiger partial charge in [0.05, 0.1) is 35.9 Å². The number of thiocarbonyl (C=S) groups is 1. The van der Waals surface area contributed by atoms with Crippen molar-refractivity contribution in [2.75, 3.05) is 7.11 Å². The van der Waals surface area contributed by atoms with E-state index < -0.39 is 0 Å². The van der Waals surface area contributed by atoms with Gasteiger partial charge in [0.1, 0.15) is 11.4 Å². The van der Waals surface area contributed by atoms with Gasteiger partial charge in [-0.05, 0) is 79.7 Å². The summed E-state index contributed by atoms with van der Waals surface area (Å²) in [6, 6.07) is 16.4. The van der Waals surface area contributed by atoms with Crippen LogP contribution in [0.15, 0.2) is 73.2 Å². The first-order valence-electron chi connectivity index (χ1n) is 11.8. The van der Waals surface area contributed by atoms with Gasteiger partial charge in [-0.1, -0.05) is 6.07 Å². The number of nitrogens with one attached hydrogen (secondary N) is 1. The first-order chi connectivity index (χ1) is 17.9. The summed E-state index contributed by atoms with van der Waals surface area (Å²) in [5, 5.41) is 16.1. The lowest BCUT2D eigenvalue weighted by atomic mass is 9.96. The second-order valence-corrected chi connectivity index (χ2v) is 9.27. The third kappa shape index (κ3) is 4.51. The molecular weight excluding hydrogens is 488 g/mol. The van der Waals surface area contributed by atoms with Crippen molar-refractivity contribution < 1.29 is 9.66 Å². The first-order valence-corrected chi connectivity index (χ1v) is 12.2. The highest BCUT2D eigenvalue weighted by atomic mass is 32.1. The Labute approximate surface area is 219 Å². The number of nitro benzene ring substituents is 1. The van der Waals surface area contributed by atoms with Gasteiger partial charge in [-0.3, -0.25) is 20.1 Å². The summed E-state index contributed by atoms with van der Waals surface area (Å²) >= 11 is 5.81. The van der Waals surface area contributed by atoms with Crippen molar-refractivity contribution in [1.29, 1.82) is 0 Å². The van der Waals surface area contributed by atoms with Crippen LogP contribution in [0, 0.1) is 24.0 Å². The van der Waals surface area contributed by atoms with Crippen molar-refractivity contribution in [2.24, 2.45) is 0 Å². The smallest absolute Gasteiger partial charge is 0.296 e. The summed E-state index contributed by atoms with van der Waals surface area (Å²) in [4.78, 5) is 22.5. The highest BCUT2D eigenvalue weighted by molar-refractivity contribution is 7.80. The molecule has 1 aliphatic rings. The van der Waals surface area contributed by atoms with E-state index in [1.54, 1.807) is 30.7 Å². The monoisotopic (exact) mass is 514 g/mol. The van der Waals surface area contributed by atoms with Crippen LogP contribution in [0.4, 0.5) is 5.69 Å². The molecule has 1 aliphatic heterocycles. The normalized spacial score (nSPS) is 17.1. The Hall–Kier alpha value is -4.31. The molecule has 0 unspecified atom stereocenters. The summed E-state index contributed by atoms with van der Waals surface area (Å²) in [6.45, 7) is 4.51. The van der Waals surface area contributed by atoms with E-state index in [1.807, 2.05) is 48.7 Å². The Morgan fingerprint density at radius 3 is 2.57 bits per heavy atom. The topological polar surface area (TPSA) is 98.3 Å². The SMILES string of the molecule is COc1ccc(-n2c(C)cc([C@@H]3[C@@H](c4ccccn4)NC(=S)N3Cc3ccncc3)c2C)c([N+](=O)[O-])c1. The van der Waals surface area contributed by atoms with E-state index in [0.717, 1.165) is 28.2 Å². The van der Waals surface area contributed by atoms with Crippen LogP contribution in [0.25, 0.3) is 5.69 Å². The Morgan fingerprint density at radius 2 is 1.89 bits per heavy atom. The highest BCUT2D eigenvalue weighted by Gasteiger charge is 2.41. The number of hydrogen-bond acceptors (Lipinski definition) is 6. The zero-order valence-electron chi connectivity index (χ0n) is 20.7. The number of nitro groups is 1. The summed E-state index contributed by atoms with van der Waals surface area (Å²) in [7, 11) is 1.49. The molecule has 0 saturated carbocycles. The Bertz CT molecular complexity index is 1460. The third-order valence-electron chi connectivity index (χ3n) is 6.71. The predicted octanol–water partition coefficient (Wildman–Crippen LogP) is 4.97. The number of rotatable bonds is 7. The predicted molar refractivity (Wildman–Crippen MR) is 144 cm³/mol. The molecule has 4 aromatic rings. The quantitative estimate of drug-likeness (QED) is 0.210. The number of pyridine rings is 2. The van der Waals surface area contributed by atoms with Crippen LogP contribution in [0.1, 0.15) is 40.3 Å². The minimum absolute atomic E-state index is 0.0253. The summed E-state index contributed by atoms with van der Waals surface area (Å²) in [5.41, 5.74) is 5.18. The summed E-state index contributed by atoms with van der Waals surface area (Å²) in [6.07, 6.45) is 5.30. The van der Waals surface area contributed by atoms with Crippen LogP contribution < -0.4 is 10.1 Å². The van der Waals surface area contributed by atoms with Crippen LogP contribution in [-0.4, -0.2) is 36.6 Å². The molecule has 188 valence electrons. The number of methoxy groups -OCH3 is 1. The number of benzene rings is 1. The van der Waals surface area contributed by atoms with Gasteiger partial charge in [-0.2, -0.15) is 0 Å². The lowest BCUT2D eigenvalue weighted by Gasteiger charge is -2.28.